The van der Waals surface area contributed by atoms with Crippen LogP contribution < -0.4 is 4.72 Å². The van der Waals surface area contributed by atoms with E-state index in [0.717, 1.165) is 0 Å². The largest absolute Gasteiger partial charge is 0.278 e. The highest BCUT2D eigenvalue weighted by Gasteiger charge is 2.20. The van der Waals surface area contributed by atoms with E-state index < -0.39 is 10.0 Å². The highest BCUT2D eigenvalue weighted by molar-refractivity contribution is 9.10. The minimum Gasteiger partial charge on any atom is -0.278 e. The van der Waals surface area contributed by atoms with E-state index >= 15 is 0 Å². The molecule has 2 aromatic heterocycles. The first kappa shape index (κ1) is 16.0. The standard InChI is InChI=1S/C10H5Br2Cl2N3O2S/c11-5-1-8(10(14)15-3-5)20(18,19)17-6-2-7(12)9(13)16-4-6/h1-4,17H. The molecule has 2 aromatic rings. The molecule has 5 nitrogen and oxygen atoms in total. The fourth-order valence-electron chi connectivity index (χ4n) is 1.28. The van der Waals surface area contributed by atoms with Gasteiger partial charge in [0.1, 0.15) is 15.2 Å². The van der Waals surface area contributed by atoms with Crippen LogP contribution in [-0.4, -0.2) is 18.4 Å². The van der Waals surface area contributed by atoms with Crippen LogP contribution >= 0.6 is 55.1 Å². The van der Waals surface area contributed by atoms with E-state index in [2.05, 4.69) is 46.5 Å². The maximum absolute atomic E-state index is 12.2. The number of nitrogens with one attached hydrogen (secondary N) is 1. The average Bonchev–Trinajstić information content (AvgIpc) is 2.36. The molecule has 0 aliphatic rings. The van der Waals surface area contributed by atoms with Gasteiger partial charge in [-0.05, 0) is 44.0 Å². The van der Waals surface area contributed by atoms with Crippen LogP contribution in [0.4, 0.5) is 5.69 Å². The van der Waals surface area contributed by atoms with E-state index in [1.807, 2.05) is 0 Å². The van der Waals surface area contributed by atoms with Crippen LogP contribution in [0.3, 0.4) is 0 Å². The highest BCUT2D eigenvalue weighted by atomic mass is 79.9. The Morgan fingerprint density at radius 1 is 1.05 bits per heavy atom. The lowest BCUT2D eigenvalue weighted by atomic mass is 10.4. The van der Waals surface area contributed by atoms with Gasteiger partial charge in [-0.1, -0.05) is 23.2 Å². The third-order valence-electron chi connectivity index (χ3n) is 2.11. The summed E-state index contributed by atoms with van der Waals surface area (Å²) < 4.78 is 27.8. The fourth-order valence-corrected chi connectivity index (χ4v) is 3.71. The average molecular weight is 462 g/mol. The number of anilines is 1. The third kappa shape index (κ3) is 3.62. The summed E-state index contributed by atoms with van der Waals surface area (Å²) in [4.78, 5) is 7.46. The van der Waals surface area contributed by atoms with Crippen LogP contribution in [-0.2, 0) is 10.0 Å². The molecule has 0 aliphatic carbocycles. The first-order chi connectivity index (χ1) is 9.29. The summed E-state index contributed by atoms with van der Waals surface area (Å²) >= 11 is 17.9. The van der Waals surface area contributed by atoms with Crippen molar-refractivity contribution in [2.75, 3.05) is 4.72 Å². The Labute approximate surface area is 142 Å². The summed E-state index contributed by atoms with van der Waals surface area (Å²) in [6.07, 6.45) is 2.70. The van der Waals surface area contributed by atoms with Gasteiger partial charge in [0.15, 0.2) is 0 Å². The maximum atomic E-state index is 12.2. The van der Waals surface area contributed by atoms with Crippen LogP contribution in [0.25, 0.3) is 0 Å². The molecule has 2 rings (SSSR count). The Balaban J connectivity index is 2.40. The molecule has 0 aromatic carbocycles. The molecule has 106 valence electrons. The smallest absolute Gasteiger partial charge is 0.265 e. The second-order valence-corrected chi connectivity index (χ2v) is 7.68. The van der Waals surface area contributed by atoms with Gasteiger partial charge in [-0.2, -0.15) is 0 Å². The van der Waals surface area contributed by atoms with E-state index in [1.54, 1.807) is 0 Å². The van der Waals surface area contributed by atoms with Gasteiger partial charge in [0.25, 0.3) is 10.0 Å². The van der Waals surface area contributed by atoms with E-state index in [9.17, 15) is 8.42 Å². The molecule has 1 N–H and O–H groups in total. The molecule has 0 radical (unpaired) electrons. The van der Waals surface area contributed by atoms with Gasteiger partial charge in [0.2, 0.25) is 0 Å². The molecule has 0 amide bonds. The summed E-state index contributed by atoms with van der Waals surface area (Å²) in [7, 11) is -3.87. The van der Waals surface area contributed by atoms with Gasteiger partial charge in [0, 0.05) is 10.7 Å². The van der Waals surface area contributed by atoms with E-state index in [0.29, 0.717) is 8.95 Å². The van der Waals surface area contributed by atoms with Crippen LogP contribution in [0.1, 0.15) is 0 Å². The van der Waals surface area contributed by atoms with Crippen molar-refractivity contribution in [2.24, 2.45) is 0 Å². The highest BCUT2D eigenvalue weighted by Crippen LogP contribution is 2.27. The van der Waals surface area contributed by atoms with E-state index in [4.69, 9.17) is 23.2 Å². The van der Waals surface area contributed by atoms with Gasteiger partial charge in [0.05, 0.1) is 16.4 Å². The number of sulfonamides is 1. The third-order valence-corrected chi connectivity index (χ3v) is 5.49. The molecule has 0 spiro atoms. The van der Waals surface area contributed by atoms with Crippen molar-refractivity contribution in [3.05, 3.63) is 43.8 Å². The topological polar surface area (TPSA) is 72.0 Å². The summed E-state index contributed by atoms with van der Waals surface area (Å²) in [5.41, 5.74) is 0.248. The molecule has 0 saturated heterocycles. The summed E-state index contributed by atoms with van der Waals surface area (Å²) in [5, 5.41) is 0.108. The Kier molecular flexibility index (Phi) is 4.91. The van der Waals surface area contributed by atoms with Crippen LogP contribution in [0.15, 0.2) is 38.4 Å². The normalized spacial score (nSPS) is 11.4. The monoisotopic (exact) mass is 459 g/mol. The zero-order valence-electron chi connectivity index (χ0n) is 9.44. The summed E-state index contributed by atoms with van der Waals surface area (Å²) in [5.74, 6) is 0. The molecule has 0 unspecified atom stereocenters. The van der Waals surface area contributed by atoms with E-state index in [-0.39, 0.29) is 20.9 Å². The van der Waals surface area contributed by atoms with Crippen molar-refractivity contribution < 1.29 is 8.42 Å². The summed E-state index contributed by atoms with van der Waals surface area (Å²) in [6, 6.07) is 2.85. The number of nitrogens with zero attached hydrogens (tertiary/aromatic N) is 2. The van der Waals surface area contributed by atoms with Gasteiger partial charge >= 0.3 is 0 Å². The minimum absolute atomic E-state index is 0.123. The Morgan fingerprint density at radius 3 is 2.35 bits per heavy atom. The molecule has 0 atom stereocenters. The Hall–Kier alpha value is -0.410. The molecule has 0 aliphatic heterocycles. The number of aromatic nitrogens is 2. The van der Waals surface area contributed by atoms with Gasteiger partial charge in [-0.3, -0.25) is 4.72 Å². The van der Waals surface area contributed by atoms with E-state index in [1.165, 1.54) is 24.5 Å². The molecule has 0 fully saturated rings. The quantitative estimate of drug-likeness (QED) is 0.698. The second-order valence-electron chi connectivity index (χ2n) is 3.54. The van der Waals surface area contributed by atoms with Crippen LogP contribution in [0, 0.1) is 0 Å². The number of pyridine rings is 2. The van der Waals surface area contributed by atoms with Crippen molar-refractivity contribution in [3.8, 4) is 0 Å². The molecule has 10 heteroatoms. The zero-order chi connectivity index (χ0) is 14.9. The molecule has 0 bridgehead atoms. The maximum Gasteiger partial charge on any atom is 0.265 e. The SMILES string of the molecule is O=S(=O)(Nc1cnc(Cl)c(Br)c1)c1cc(Br)cnc1Cl. The molecular formula is C10H5Br2Cl2N3O2S. The van der Waals surface area contributed by atoms with Gasteiger partial charge < -0.3 is 0 Å². The predicted molar refractivity (Wildman–Crippen MR) is 84.7 cm³/mol. The minimum atomic E-state index is -3.87. The lowest BCUT2D eigenvalue weighted by Gasteiger charge is -2.09. The van der Waals surface area contributed by atoms with Crippen molar-refractivity contribution in [1.82, 2.24) is 9.97 Å². The summed E-state index contributed by atoms with van der Waals surface area (Å²) in [6.45, 7) is 0. The molecule has 2 heterocycles. The number of halogens is 4. The second kappa shape index (κ2) is 6.15. The fraction of sp³-hybridized carbons (Fsp3) is 0. The van der Waals surface area contributed by atoms with Crippen molar-refractivity contribution in [2.45, 2.75) is 4.90 Å². The first-order valence-corrected chi connectivity index (χ1v) is 8.77. The van der Waals surface area contributed by atoms with Gasteiger partial charge in [-0.25, -0.2) is 18.4 Å². The van der Waals surface area contributed by atoms with Crippen molar-refractivity contribution in [1.29, 1.82) is 0 Å². The van der Waals surface area contributed by atoms with Crippen LogP contribution in [0.5, 0.6) is 0 Å². The van der Waals surface area contributed by atoms with Crippen molar-refractivity contribution >= 4 is 70.8 Å². The molecular weight excluding hydrogens is 457 g/mol. The first-order valence-electron chi connectivity index (χ1n) is 4.94. The lowest BCUT2D eigenvalue weighted by Crippen LogP contribution is -2.14. The Morgan fingerprint density at radius 2 is 1.70 bits per heavy atom. The zero-order valence-corrected chi connectivity index (χ0v) is 14.9. The number of hydrogen-bond donors (Lipinski definition) is 1. The lowest BCUT2D eigenvalue weighted by molar-refractivity contribution is 0.601. The number of rotatable bonds is 3. The molecule has 0 saturated carbocycles. The van der Waals surface area contributed by atoms with Crippen LogP contribution in [0.2, 0.25) is 10.3 Å². The number of hydrogen-bond acceptors (Lipinski definition) is 4. The van der Waals surface area contributed by atoms with Gasteiger partial charge in [-0.15, -0.1) is 0 Å². The van der Waals surface area contributed by atoms with Crippen molar-refractivity contribution in [3.63, 3.8) is 0 Å². The molecule has 20 heavy (non-hydrogen) atoms. The Bertz CT molecular complexity index is 771. The predicted octanol–water partition coefficient (Wildman–Crippen LogP) is 4.11.